The lowest BCUT2D eigenvalue weighted by Gasteiger charge is -2.36. The average molecular weight is 468 g/mol. The van der Waals surface area contributed by atoms with Crippen molar-refractivity contribution in [1.82, 2.24) is 14.5 Å². The summed E-state index contributed by atoms with van der Waals surface area (Å²) in [4.78, 5) is 34.2. The van der Waals surface area contributed by atoms with E-state index in [0.29, 0.717) is 36.8 Å². The number of benzene rings is 2. The molecule has 2 aromatic carbocycles. The first-order chi connectivity index (χ1) is 15.5. The molecule has 1 saturated heterocycles. The molecule has 164 valence electrons. The predicted octanol–water partition coefficient (Wildman–Crippen LogP) is 3.98. The Morgan fingerprint density at radius 3 is 2.69 bits per heavy atom. The Hall–Kier alpha value is -2.97. The van der Waals surface area contributed by atoms with Gasteiger partial charge in [0.25, 0.3) is 5.91 Å². The minimum absolute atomic E-state index is 0.0629. The quantitative estimate of drug-likeness (QED) is 0.585. The molecule has 1 atom stereocenters. The Morgan fingerprint density at radius 1 is 1.12 bits per heavy atom. The van der Waals surface area contributed by atoms with Gasteiger partial charge in [0.2, 0.25) is 10.7 Å². The van der Waals surface area contributed by atoms with E-state index in [1.54, 1.807) is 0 Å². The monoisotopic (exact) mass is 467 g/mol. The van der Waals surface area contributed by atoms with Crippen LogP contribution in [-0.2, 0) is 4.79 Å². The Labute approximate surface area is 195 Å². The summed E-state index contributed by atoms with van der Waals surface area (Å²) in [7, 11) is 0. The number of hydrogen-bond donors (Lipinski definition) is 1. The lowest BCUT2D eigenvalue weighted by atomic mass is 10.1. The standard InChI is InChI=1S/C23H22ClN5O2S/c24-15-4-3-5-16(14-15)27-10-12-28(13-11-27)20(30)9-8-19-22(31)29-21(25-19)17-6-1-2-7-18(17)26-23(29)32/h1-7,14,19,25H,8-13H2. The van der Waals surface area contributed by atoms with E-state index in [9.17, 15) is 9.59 Å². The van der Waals surface area contributed by atoms with Crippen LogP contribution in [0.25, 0.3) is 10.9 Å². The molecule has 1 amide bonds. The number of halogens is 1. The van der Waals surface area contributed by atoms with Crippen molar-refractivity contribution in [3.05, 3.63) is 58.3 Å². The molecule has 1 aromatic heterocycles. The van der Waals surface area contributed by atoms with Crippen molar-refractivity contribution >= 4 is 58.0 Å². The lowest BCUT2D eigenvalue weighted by molar-refractivity contribution is -0.131. The number of amides is 1. The van der Waals surface area contributed by atoms with Gasteiger partial charge in [-0.05, 0) is 49.0 Å². The van der Waals surface area contributed by atoms with Crippen molar-refractivity contribution in [1.29, 1.82) is 0 Å². The molecular formula is C23H22ClN5O2S. The third kappa shape index (κ3) is 3.84. The zero-order valence-electron chi connectivity index (χ0n) is 17.3. The molecule has 0 spiro atoms. The van der Waals surface area contributed by atoms with Crippen LogP contribution in [0, 0.1) is 4.77 Å². The molecule has 2 aliphatic heterocycles. The third-order valence-corrected chi connectivity index (χ3v) is 6.58. The molecular weight excluding hydrogens is 446 g/mol. The molecule has 0 saturated carbocycles. The van der Waals surface area contributed by atoms with Crippen LogP contribution in [0.3, 0.4) is 0 Å². The van der Waals surface area contributed by atoms with Crippen LogP contribution in [0.4, 0.5) is 11.5 Å². The second-order valence-corrected chi connectivity index (χ2v) is 8.82. The highest BCUT2D eigenvalue weighted by molar-refractivity contribution is 7.71. The van der Waals surface area contributed by atoms with E-state index in [1.165, 1.54) is 4.57 Å². The number of carbonyl (C=O) groups is 2. The Bertz CT molecular complexity index is 1270. The van der Waals surface area contributed by atoms with E-state index in [4.69, 9.17) is 23.8 Å². The first-order valence-corrected chi connectivity index (χ1v) is 11.4. The highest BCUT2D eigenvalue weighted by atomic mass is 35.5. The van der Waals surface area contributed by atoms with Gasteiger partial charge in [-0.2, -0.15) is 0 Å². The Kier molecular flexibility index (Phi) is 5.57. The van der Waals surface area contributed by atoms with Crippen molar-refractivity contribution in [3.63, 3.8) is 0 Å². The lowest BCUT2D eigenvalue weighted by Crippen LogP contribution is -2.49. The van der Waals surface area contributed by atoms with Crippen LogP contribution in [0.15, 0.2) is 48.5 Å². The normalized spacial score (nSPS) is 18.0. The van der Waals surface area contributed by atoms with Crippen molar-refractivity contribution < 1.29 is 9.59 Å². The maximum absolute atomic E-state index is 12.9. The summed E-state index contributed by atoms with van der Waals surface area (Å²) < 4.78 is 1.69. The van der Waals surface area contributed by atoms with Crippen molar-refractivity contribution in [2.45, 2.75) is 18.9 Å². The van der Waals surface area contributed by atoms with Gasteiger partial charge < -0.3 is 15.1 Å². The topological polar surface area (TPSA) is 70.5 Å². The molecule has 2 aliphatic rings. The van der Waals surface area contributed by atoms with Gasteiger partial charge in [-0.25, -0.2) is 9.55 Å². The average Bonchev–Trinajstić information content (AvgIpc) is 3.15. The fourth-order valence-electron chi connectivity index (χ4n) is 4.38. The van der Waals surface area contributed by atoms with Crippen molar-refractivity contribution in [3.8, 4) is 0 Å². The van der Waals surface area contributed by atoms with E-state index in [2.05, 4.69) is 15.2 Å². The number of rotatable bonds is 4. The van der Waals surface area contributed by atoms with Gasteiger partial charge in [0.05, 0.1) is 5.52 Å². The second-order valence-electron chi connectivity index (χ2n) is 8.02. The number of carbonyl (C=O) groups excluding carboxylic acids is 2. The van der Waals surface area contributed by atoms with Gasteiger partial charge >= 0.3 is 0 Å². The first-order valence-electron chi connectivity index (χ1n) is 10.6. The number of nitrogens with zero attached hydrogens (tertiary/aromatic N) is 4. The van der Waals surface area contributed by atoms with Crippen molar-refractivity contribution in [2.24, 2.45) is 0 Å². The summed E-state index contributed by atoms with van der Waals surface area (Å²) in [6.07, 6.45) is 0.712. The summed E-state index contributed by atoms with van der Waals surface area (Å²) in [5, 5.41) is 4.83. The van der Waals surface area contributed by atoms with Gasteiger partial charge in [-0.15, -0.1) is 0 Å². The molecule has 7 nitrogen and oxygen atoms in total. The van der Waals surface area contributed by atoms with E-state index >= 15 is 0 Å². The van der Waals surface area contributed by atoms with Crippen molar-refractivity contribution in [2.75, 3.05) is 36.4 Å². The highest BCUT2D eigenvalue weighted by Gasteiger charge is 2.32. The van der Waals surface area contributed by atoms with Crippen LogP contribution < -0.4 is 10.2 Å². The van der Waals surface area contributed by atoms with Gasteiger partial charge in [0.1, 0.15) is 11.9 Å². The summed E-state index contributed by atoms with van der Waals surface area (Å²) >= 11 is 11.4. The summed E-state index contributed by atoms with van der Waals surface area (Å²) in [6, 6.07) is 14.9. The maximum Gasteiger partial charge on any atom is 0.257 e. The molecule has 9 heteroatoms. The highest BCUT2D eigenvalue weighted by Crippen LogP contribution is 2.29. The number of fused-ring (bicyclic) bond motifs is 3. The molecule has 32 heavy (non-hydrogen) atoms. The maximum atomic E-state index is 12.9. The van der Waals surface area contributed by atoms with Gasteiger partial charge in [-0.3, -0.25) is 9.59 Å². The van der Waals surface area contributed by atoms with E-state index in [1.807, 2.05) is 53.4 Å². The summed E-state index contributed by atoms with van der Waals surface area (Å²) in [5.74, 6) is 0.577. The number of aromatic nitrogens is 2. The largest absolute Gasteiger partial charge is 0.368 e. The summed E-state index contributed by atoms with van der Waals surface area (Å²) in [6.45, 7) is 2.81. The van der Waals surface area contributed by atoms with Crippen LogP contribution in [-0.4, -0.2) is 58.5 Å². The minimum Gasteiger partial charge on any atom is -0.368 e. The molecule has 0 bridgehead atoms. The first kappa shape index (κ1) is 20.9. The molecule has 1 fully saturated rings. The summed E-state index contributed by atoms with van der Waals surface area (Å²) in [5.41, 5.74) is 1.82. The molecule has 3 aromatic rings. The van der Waals surface area contributed by atoms with Crippen LogP contribution in [0.5, 0.6) is 0 Å². The third-order valence-electron chi connectivity index (χ3n) is 6.07. The Morgan fingerprint density at radius 2 is 1.91 bits per heavy atom. The number of para-hydroxylation sites is 1. The zero-order chi connectivity index (χ0) is 22.2. The van der Waals surface area contributed by atoms with Crippen LogP contribution in [0.2, 0.25) is 5.02 Å². The fraction of sp³-hybridized carbons (Fsp3) is 0.304. The van der Waals surface area contributed by atoms with Crippen LogP contribution >= 0.6 is 23.8 Å². The van der Waals surface area contributed by atoms with Crippen LogP contribution in [0.1, 0.15) is 17.6 Å². The Balaban J connectivity index is 1.21. The SMILES string of the molecule is O=C(CCC1Nc2c3ccccc3nc(=S)n2C1=O)N1CCN(c2cccc(Cl)c2)CC1. The molecule has 0 radical (unpaired) electrons. The van der Waals surface area contributed by atoms with E-state index < -0.39 is 6.04 Å². The van der Waals surface area contributed by atoms with E-state index in [-0.39, 0.29) is 16.6 Å². The van der Waals surface area contributed by atoms with Gasteiger partial charge in [-0.1, -0.05) is 29.8 Å². The van der Waals surface area contributed by atoms with Gasteiger partial charge in [0, 0.05) is 48.7 Å². The molecule has 1 N–H and O–H groups in total. The second kappa shape index (κ2) is 8.52. The number of anilines is 2. The number of hydrogen-bond acceptors (Lipinski definition) is 6. The number of piperazine rings is 1. The molecule has 3 heterocycles. The van der Waals surface area contributed by atoms with Gasteiger partial charge in [0.15, 0.2) is 0 Å². The molecule has 0 aliphatic carbocycles. The minimum atomic E-state index is -0.485. The number of nitrogens with one attached hydrogen (secondary N) is 1. The fourth-order valence-corrected chi connectivity index (χ4v) is 4.84. The smallest absolute Gasteiger partial charge is 0.257 e. The molecule has 1 unspecified atom stereocenters. The predicted molar refractivity (Wildman–Crippen MR) is 128 cm³/mol. The molecule has 5 rings (SSSR count). The zero-order valence-corrected chi connectivity index (χ0v) is 18.9. The van der Waals surface area contributed by atoms with E-state index in [0.717, 1.165) is 29.7 Å².